The molecule has 0 aromatic heterocycles. The zero-order valence-electron chi connectivity index (χ0n) is 17.9. The number of benzene rings is 2. The van der Waals surface area contributed by atoms with Crippen molar-refractivity contribution >= 4 is 31.4 Å². The molecule has 12 heteroatoms. The number of rotatable bonds is 7. The molecule has 0 spiro atoms. The van der Waals surface area contributed by atoms with E-state index in [4.69, 9.17) is 4.74 Å². The van der Waals surface area contributed by atoms with Crippen LogP contribution in [0.15, 0.2) is 52.3 Å². The molecular formula is C20H25N3O7S2. The molecule has 1 saturated heterocycles. The summed E-state index contributed by atoms with van der Waals surface area (Å²) < 4.78 is 60.7. The topological polar surface area (TPSA) is 136 Å². The Morgan fingerprint density at radius 3 is 2.16 bits per heavy atom. The summed E-state index contributed by atoms with van der Waals surface area (Å²) in [6, 6.07) is 8.35. The second-order valence-corrected chi connectivity index (χ2v) is 11.2. The summed E-state index contributed by atoms with van der Waals surface area (Å²) in [5.41, 5.74) is -0.297. The minimum absolute atomic E-state index is 0.0598. The lowest BCUT2D eigenvalue weighted by Crippen LogP contribution is -2.47. The van der Waals surface area contributed by atoms with Crippen molar-refractivity contribution in [2.45, 2.75) is 55.0 Å². The van der Waals surface area contributed by atoms with Gasteiger partial charge in [-0.15, -0.1) is 0 Å². The van der Waals surface area contributed by atoms with Gasteiger partial charge in [0.25, 0.3) is 15.7 Å². The molecule has 2 aromatic rings. The predicted octanol–water partition coefficient (Wildman–Crippen LogP) is 3.36. The summed E-state index contributed by atoms with van der Waals surface area (Å²) in [4.78, 5) is 9.99. The highest BCUT2D eigenvalue weighted by atomic mass is 32.2. The average Bonchev–Trinajstić information content (AvgIpc) is 2.73. The van der Waals surface area contributed by atoms with Crippen LogP contribution in [0.1, 0.15) is 33.1 Å². The zero-order valence-corrected chi connectivity index (χ0v) is 19.5. The molecule has 0 radical (unpaired) electrons. The van der Waals surface area contributed by atoms with Crippen molar-refractivity contribution < 1.29 is 26.5 Å². The Morgan fingerprint density at radius 2 is 1.62 bits per heavy atom. The molecule has 0 amide bonds. The van der Waals surface area contributed by atoms with Gasteiger partial charge in [0.1, 0.15) is 10.6 Å². The normalized spacial score (nSPS) is 20.0. The van der Waals surface area contributed by atoms with Crippen LogP contribution in [-0.2, 0) is 20.0 Å². The summed E-state index contributed by atoms with van der Waals surface area (Å²) in [7, 11) is -6.72. The van der Waals surface area contributed by atoms with E-state index in [0.29, 0.717) is 0 Å². The summed E-state index contributed by atoms with van der Waals surface area (Å²) in [5, 5.41) is 11.0. The van der Waals surface area contributed by atoms with Crippen molar-refractivity contribution in [1.82, 2.24) is 4.31 Å². The first-order chi connectivity index (χ1) is 15.0. The average molecular weight is 484 g/mol. The van der Waals surface area contributed by atoms with Gasteiger partial charge in [-0.2, -0.15) is 4.31 Å². The van der Waals surface area contributed by atoms with Crippen molar-refractivity contribution in [3.8, 4) is 5.75 Å². The molecule has 1 aliphatic heterocycles. The van der Waals surface area contributed by atoms with Crippen molar-refractivity contribution in [3.05, 3.63) is 52.6 Å². The third-order valence-electron chi connectivity index (χ3n) is 5.44. The molecular weight excluding hydrogens is 458 g/mol. The highest BCUT2D eigenvalue weighted by Crippen LogP contribution is 2.32. The van der Waals surface area contributed by atoms with E-state index < -0.39 is 35.6 Å². The Bertz CT molecular complexity index is 1200. The van der Waals surface area contributed by atoms with E-state index in [1.54, 1.807) is 0 Å². The zero-order chi connectivity index (χ0) is 23.7. The van der Waals surface area contributed by atoms with E-state index in [1.807, 2.05) is 13.8 Å². The molecule has 1 N–H and O–H groups in total. The molecule has 1 aliphatic rings. The first-order valence-corrected chi connectivity index (χ1v) is 12.9. The summed E-state index contributed by atoms with van der Waals surface area (Å²) in [6.45, 7) is 3.75. The second kappa shape index (κ2) is 9.04. The van der Waals surface area contributed by atoms with Crippen molar-refractivity contribution in [2.75, 3.05) is 11.8 Å². The molecule has 0 saturated carbocycles. The molecule has 2 atom stereocenters. The summed E-state index contributed by atoms with van der Waals surface area (Å²) >= 11 is 0. The number of nitrogens with one attached hydrogen (secondary N) is 1. The Balaban J connectivity index is 1.89. The second-order valence-electron chi connectivity index (χ2n) is 7.69. The van der Waals surface area contributed by atoms with Crippen molar-refractivity contribution in [2.24, 2.45) is 0 Å². The maximum Gasteiger partial charge on any atom is 0.271 e. The fourth-order valence-electron chi connectivity index (χ4n) is 3.89. The molecule has 10 nitrogen and oxygen atoms in total. The number of ether oxygens (including phenoxy) is 1. The highest BCUT2D eigenvalue weighted by molar-refractivity contribution is 7.92. The fraction of sp³-hybridized carbons (Fsp3) is 0.400. The van der Waals surface area contributed by atoms with Gasteiger partial charge in [-0.3, -0.25) is 14.8 Å². The molecule has 3 rings (SSSR count). The van der Waals surface area contributed by atoms with Crippen LogP contribution in [0.25, 0.3) is 0 Å². The predicted molar refractivity (Wildman–Crippen MR) is 119 cm³/mol. The fourth-order valence-corrected chi connectivity index (χ4v) is 7.02. The standard InChI is InChI=1S/C20H25N3O7S2/c1-14-5-4-6-15(2)22(14)32(28,29)18-10-7-16(8-11-18)21-31(26,27)20-13-17(23(24)25)9-12-19(20)30-3/h7-15,21H,4-6H2,1-3H3. The van der Waals surface area contributed by atoms with Gasteiger partial charge < -0.3 is 4.74 Å². The van der Waals surface area contributed by atoms with Crippen molar-refractivity contribution in [3.63, 3.8) is 0 Å². The smallest absolute Gasteiger partial charge is 0.271 e. The lowest BCUT2D eigenvalue weighted by atomic mass is 10.0. The van der Waals surface area contributed by atoms with Crippen LogP contribution in [-0.4, -0.2) is 45.3 Å². The summed E-state index contributed by atoms with van der Waals surface area (Å²) in [6.07, 6.45) is 2.54. The van der Waals surface area contributed by atoms with E-state index in [0.717, 1.165) is 31.4 Å². The number of hydrogen-bond donors (Lipinski definition) is 1. The number of non-ortho nitro benzene ring substituents is 1. The minimum atomic E-state index is -4.24. The number of methoxy groups -OCH3 is 1. The van der Waals surface area contributed by atoms with E-state index in [2.05, 4.69) is 4.72 Å². The monoisotopic (exact) mass is 483 g/mol. The van der Waals surface area contributed by atoms with Gasteiger partial charge >= 0.3 is 0 Å². The Morgan fingerprint density at radius 1 is 1.03 bits per heavy atom. The van der Waals surface area contributed by atoms with Crippen LogP contribution in [0.5, 0.6) is 5.75 Å². The van der Waals surface area contributed by atoms with Gasteiger partial charge in [-0.25, -0.2) is 16.8 Å². The molecule has 2 aromatic carbocycles. The number of sulfonamides is 2. The van der Waals surface area contributed by atoms with Gasteiger partial charge in [-0.1, -0.05) is 6.42 Å². The van der Waals surface area contributed by atoms with Gasteiger partial charge in [0.2, 0.25) is 10.0 Å². The number of nitro benzene ring substituents is 1. The van der Waals surface area contributed by atoms with Gasteiger partial charge in [0.05, 0.1) is 16.9 Å². The van der Waals surface area contributed by atoms with Crippen LogP contribution in [0.3, 0.4) is 0 Å². The third-order valence-corrected chi connectivity index (χ3v) is 8.99. The van der Waals surface area contributed by atoms with E-state index in [-0.39, 0.29) is 28.4 Å². The first-order valence-electron chi connectivity index (χ1n) is 9.96. The quantitative estimate of drug-likeness (QED) is 0.471. The first kappa shape index (κ1) is 24.0. The molecule has 2 unspecified atom stereocenters. The molecule has 1 heterocycles. The lowest BCUT2D eigenvalue weighted by Gasteiger charge is -2.37. The van der Waals surface area contributed by atoms with Crippen LogP contribution in [0.4, 0.5) is 11.4 Å². The van der Waals surface area contributed by atoms with Crippen LogP contribution >= 0.6 is 0 Å². The SMILES string of the molecule is COc1ccc([N+](=O)[O-])cc1S(=O)(=O)Nc1ccc(S(=O)(=O)N2C(C)CCCC2C)cc1. The minimum Gasteiger partial charge on any atom is -0.495 e. The Hall–Kier alpha value is -2.70. The Kier molecular flexibility index (Phi) is 6.77. The van der Waals surface area contributed by atoms with Gasteiger partial charge in [0.15, 0.2) is 0 Å². The summed E-state index contributed by atoms with van der Waals surface area (Å²) in [5.74, 6) is -0.0598. The van der Waals surface area contributed by atoms with Gasteiger partial charge in [0, 0.05) is 29.9 Å². The highest BCUT2D eigenvalue weighted by Gasteiger charge is 2.35. The van der Waals surface area contributed by atoms with Crippen LogP contribution in [0.2, 0.25) is 0 Å². The lowest BCUT2D eigenvalue weighted by molar-refractivity contribution is -0.385. The molecule has 0 bridgehead atoms. The van der Waals surface area contributed by atoms with E-state index >= 15 is 0 Å². The molecule has 0 aliphatic carbocycles. The largest absolute Gasteiger partial charge is 0.495 e. The number of nitro groups is 1. The number of piperidine rings is 1. The van der Waals surface area contributed by atoms with E-state index in [1.165, 1.54) is 41.7 Å². The maximum absolute atomic E-state index is 13.1. The van der Waals surface area contributed by atoms with Gasteiger partial charge in [-0.05, 0) is 57.0 Å². The van der Waals surface area contributed by atoms with E-state index in [9.17, 15) is 26.9 Å². The third kappa shape index (κ3) is 4.71. The molecule has 32 heavy (non-hydrogen) atoms. The van der Waals surface area contributed by atoms with Crippen LogP contribution in [0, 0.1) is 10.1 Å². The maximum atomic E-state index is 13.1. The van der Waals surface area contributed by atoms with Crippen LogP contribution < -0.4 is 9.46 Å². The Labute approximate surface area is 187 Å². The van der Waals surface area contributed by atoms with Crippen molar-refractivity contribution in [1.29, 1.82) is 0 Å². The molecule has 1 fully saturated rings. The molecule has 174 valence electrons. The number of anilines is 1. The number of hydrogen-bond acceptors (Lipinski definition) is 7. The number of nitrogens with zero attached hydrogens (tertiary/aromatic N) is 2.